The summed E-state index contributed by atoms with van der Waals surface area (Å²) in [6.07, 6.45) is 6.92. The van der Waals surface area contributed by atoms with E-state index in [1.54, 1.807) is 19.2 Å². The Balaban J connectivity index is 0.000000952. The molecule has 2 amide bonds. The second-order valence-electron chi connectivity index (χ2n) is 11.0. The molecule has 0 aromatic heterocycles. The minimum Gasteiger partial charge on any atom is -0.493 e. The number of methoxy groups -OCH3 is 1. The van der Waals surface area contributed by atoms with E-state index in [4.69, 9.17) is 36.1 Å². The summed E-state index contributed by atoms with van der Waals surface area (Å²) in [6.45, 7) is 2.15. The molecule has 1 saturated carbocycles. The summed E-state index contributed by atoms with van der Waals surface area (Å²) in [4.78, 5) is 36.0. The minimum absolute atomic E-state index is 0.144. The molecule has 2 aromatic rings. The van der Waals surface area contributed by atoms with E-state index in [1.807, 2.05) is 18.2 Å². The highest BCUT2D eigenvalue weighted by atomic mass is 35.5. The highest BCUT2D eigenvalue weighted by Crippen LogP contribution is 2.40. The van der Waals surface area contributed by atoms with Crippen LogP contribution in [0.1, 0.15) is 74.1 Å². The van der Waals surface area contributed by atoms with Gasteiger partial charge in [-0.3, -0.25) is 19.4 Å². The van der Waals surface area contributed by atoms with E-state index >= 15 is 0 Å². The van der Waals surface area contributed by atoms with Crippen molar-refractivity contribution in [3.05, 3.63) is 57.9 Å². The quantitative estimate of drug-likeness (QED) is 0.303. The van der Waals surface area contributed by atoms with Gasteiger partial charge in [-0.2, -0.15) is 0 Å². The van der Waals surface area contributed by atoms with Gasteiger partial charge in [-0.1, -0.05) is 36.9 Å². The maximum absolute atomic E-state index is 14.5. The van der Waals surface area contributed by atoms with Gasteiger partial charge in [0.15, 0.2) is 11.5 Å². The monoisotopic (exact) mass is 604 g/mol. The van der Waals surface area contributed by atoms with E-state index in [9.17, 15) is 14.0 Å². The molecule has 2 aromatic carbocycles. The van der Waals surface area contributed by atoms with Crippen molar-refractivity contribution in [3.63, 3.8) is 0 Å². The summed E-state index contributed by atoms with van der Waals surface area (Å²) < 4.78 is 26.0. The predicted octanol–water partition coefficient (Wildman–Crippen LogP) is 6.31. The summed E-state index contributed by atoms with van der Waals surface area (Å²) in [5.41, 5.74) is 3.30. The number of imide groups is 1. The van der Waals surface area contributed by atoms with Gasteiger partial charge < -0.3 is 19.7 Å². The molecule has 228 valence electrons. The molecule has 2 aliphatic carbocycles. The lowest BCUT2D eigenvalue weighted by Gasteiger charge is -2.34. The number of carboxylic acid groups (broad SMARTS) is 2. The van der Waals surface area contributed by atoms with Crippen molar-refractivity contribution >= 4 is 29.6 Å². The molecule has 0 spiro atoms. The fourth-order valence-electron chi connectivity index (χ4n) is 6.24. The fraction of sp³-hybridized carbons (Fsp3) is 0.516. The third-order valence-corrected chi connectivity index (χ3v) is 8.52. The largest absolute Gasteiger partial charge is 0.503 e. The number of hydrogen-bond donors (Lipinski definition) is 2. The van der Waals surface area contributed by atoms with Crippen LogP contribution in [0.5, 0.6) is 11.5 Å². The first-order valence-corrected chi connectivity index (χ1v) is 14.8. The molecule has 3 aliphatic rings. The molecular formula is C31H38ClFN2O7. The van der Waals surface area contributed by atoms with Gasteiger partial charge in [-0.15, -0.1) is 0 Å². The molecule has 2 fully saturated rings. The normalized spacial score (nSPS) is 18.6. The molecule has 5 rings (SSSR count). The molecule has 11 heteroatoms. The van der Waals surface area contributed by atoms with Crippen molar-refractivity contribution in [2.75, 3.05) is 26.8 Å². The highest BCUT2D eigenvalue weighted by Gasteiger charge is 2.32. The lowest BCUT2D eigenvalue weighted by atomic mass is 9.88. The van der Waals surface area contributed by atoms with Gasteiger partial charge in [0, 0.05) is 32.0 Å². The first-order valence-electron chi connectivity index (χ1n) is 14.4. The van der Waals surface area contributed by atoms with Crippen molar-refractivity contribution in [2.24, 2.45) is 5.92 Å². The smallest absolute Gasteiger partial charge is 0.493 e. The van der Waals surface area contributed by atoms with E-state index in [-0.39, 0.29) is 54.7 Å². The van der Waals surface area contributed by atoms with Crippen LogP contribution in [-0.4, -0.2) is 64.8 Å². The van der Waals surface area contributed by atoms with Crippen LogP contribution in [-0.2, 0) is 22.6 Å². The molecule has 0 radical (unpaired) electrons. The first kappa shape index (κ1) is 31.6. The zero-order chi connectivity index (χ0) is 30.2. The maximum Gasteiger partial charge on any atom is 0.503 e. The van der Waals surface area contributed by atoms with Gasteiger partial charge in [-0.05, 0) is 72.6 Å². The number of amides is 2. The summed E-state index contributed by atoms with van der Waals surface area (Å²) >= 11 is 6.09. The Morgan fingerprint density at radius 2 is 1.71 bits per heavy atom. The molecule has 0 bridgehead atoms. The van der Waals surface area contributed by atoms with Gasteiger partial charge in [0.25, 0.3) is 0 Å². The van der Waals surface area contributed by atoms with Gasteiger partial charge in [0.05, 0.1) is 18.7 Å². The number of hydrogen-bond acceptors (Lipinski definition) is 6. The summed E-state index contributed by atoms with van der Waals surface area (Å²) in [6, 6.07) is 9.50. The van der Waals surface area contributed by atoms with Crippen LogP contribution in [0, 0.1) is 11.7 Å². The minimum atomic E-state index is -1.83. The predicted molar refractivity (Wildman–Crippen MR) is 155 cm³/mol. The average molecular weight is 605 g/mol. The number of fused-ring (bicyclic) bond motifs is 1. The topological polar surface area (TPSA) is 117 Å². The third kappa shape index (κ3) is 8.13. The van der Waals surface area contributed by atoms with Crippen LogP contribution < -0.4 is 9.47 Å². The Hall–Kier alpha value is -3.37. The maximum atomic E-state index is 14.5. The van der Waals surface area contributed by atoms with E-state index < -0.39 is 6.16 Å². The lowest BCUT2D eigenvalue weighted by Crippen LogP contribution is -2.33. The number of ether oxygens (including phenoxy) is 2. The number of halogens is 2. The molecule has 1 unspecified atom stereocenters. The van der Waals surface area contributed by atoms with Crippen molar-refractivity contribution in [1.82, 2.24) is 9.80 Å². The Kier molecular flexibility index (Phi) is 11.0. The summed E-state index contributed by atoms with van der Waals surface area (Å²) in [5, 5.41) is 14.1. The summed E-state index contributed by atoms with van der Waals surface area (Å²) in [7, 11) is 1.61. The van der Waals surface area contributed by atoms with Gasteiger partial charge in [0.2, 0.25) is 11.8 Å². The Labute approximate surface area is 250 Å². The van der Waals surface area contributed by atoms with Crippen LogP contribution >= 0.6 is 11.6 Å². The summed E-state index contributed by atoms with van der Waals surface area (Å²) in [5.74, 6) is 1.20. The molecule has 2 N–H and O–H groups in total. The number of aryl methyl sites for hydroxylation is 1. The molecule has 1 heterocycles. The van der Waals surface area contributed by atoms with Gasteiger partial charge >= 0.3 is 6.16 Å². The zero-order valence-electron chi connectivity index (χ0n) is 23.8. The van der Waals surface area contributed by atoms with Crippen molar-refractivity contribution in [2.45, 2.75) is 70.4 Å². The van der Waals surface area contributed by atoms with Crippen LogP contribution in [0.4, 0.5) is 9.18 Å². The number of nitrogens with zero attached hydrogens (tertiary/aromatic N) is 2. The van der Waals surface area contributed by atoms with E-state index in [0.29, 0.717) is 17.4 Å². The van der Waals surface area contributed by atoms with Gasteiger partial charge in [0.1, 0.15) is 12.4 Å². The zero-order valence-corrected chi connectivity index (χ0v) is 24.6. The van der Waals surface area contributed by atoms with Crippen molar-refractivity contribution in [1.29, 1.82) is 0 Å². The van der Waals surface area contributed by atoms with Crippen LogP contribution in [0.2, 0.25) is 5.02 Å². The number of carbonyl (C=O) groups is 3. The molecule has 42 heavy (non-hydrogen) atoms. The molecule has 1 saturated heterocycles. The van der Waals surface area contributed by atoms with Gasteiger partial charge in [-0.25, -0.2) is 9.18 Å². The van der Waals surface area contributed by atoms with Crippen LogP contribution in [0.3, 0.4) is 0 Å². The first-order chi connectivity index (χ1) is 20.2. The lowest BCUT2D eigenvalue weighted by molar-refractivity contribution is -0.138. The fourth-order valence-corrected chi connectivity index (χ4v) is 6.43. The van der Waals surface area contributed by atoms with E-state index in [0.717, 1.165) is 42.6 Å². The molecule has 1 atom stereocenters. The standard InChI is InChI=1S/C30H36ClFN2O4.CH2O3/c1-37-28-15-21(7-10-27(28)38-14-13-34-29(35)11-12-30(34)36)19-33(18-20-5-3-2-4-6-20)26-9-8-22-16-24(31)25(32)17-23(22)26;2-1(3)4/h7,10,15-17,20,26H,2-6,8-9,11-14,18-19H2,1H3;(H2,2,3,4). The molecular weight excluding hydrogens is 567 g/mol. The SMILES string of the molecule is COc1cc(CN(CC2CCCCC2)C2CCc3cc(Cl)c(F)cc32)ccc1OCCN1C(=O)CCC1=O.O=C(O)O. The van der Waals surface area contributed by atoms with E-state index in [2.05, 4.69) is 4.90 Å². The second kappa shape index (κ2) is 14.7. The van der Waals surface area contributed by atoms with Crippen LogP contribution in [0.15, 0.2) is 30.3 Å². The molecule has 9 nitrogen and oxygen atoms in total. The van der Waals surface area contributed by atoms with Crippen LogP contribution in [0.25, 0.3) is 0 Å². The van der Waals surface area contributed by atoms with Crippen molar-refractivity contribution in [3.8, 4) is 11.5 Å². The average Bonchev–Trinajstić information content (AvgIpc) is 3.51. The third-order valence-electron chi connectivity index (χ3n) is 8.23. The number of rotatable bonds is 10. The second-order valence-corrected chi connectivity index (χ2v) is 11.4. The molecule has 1 aliphatic heterocycles. The highest BCUT2D eigenvalue weighted by molar-refractivity contribution is 6.30. The number of benzene rings is 2. The Morgan fingerprint density at radius 3 is 2.38 bits per heavy atom. The number of likely N-dealkylation sites (tertiary alicyclic amines) is 1. The Morgan fingerprint density at radius 1 is 1.02 bits per heavy atom. The van der Waals surface area contributed by atoms with Crippen molar-refractivity contribution < 1.29 is 38.5 Å². The Bertz CT molecular complexity index is 1260. The van der Waals surface area contributed by atoms with E-state index in [1.165, 1.54) is 37.0 Å². The number of carbonyl (C=O) groups excluding carboxylic acids is 2.